The predicted octanol–water partition coefficient (Wildman–Crippen LogP) is 8.34. The van der Waals surface area contributed by atoms with Crippen LogP contribution in [-0.2, 0) is 18.0 Å². The van der Waals surface area contributed by atoms with Crippen molar-refractivity contribution in [1.82, 2.24) is 0 Å². The topological polar surface area (TPSA) is 71.3 Å². The minimum Gasteiger partial charge on any atom is -0.489 e. The minimum atomic E-state index is -0.561. The van der Waals surface area contributed by atoms with Crippen LogP contribution >= 0.6 is 11.6 Å². The van der Waals surface area contributed by atoms with Crippen molar-refractivity contribution in [3.63, 3.8) is 0 Å². The highest BCUT2D eigenvalue weighted by Gasteiger charge is 2.14. The van der Waals surface area contributed by atoms with Gasteiger partial charge in [0.25, 0.3) is 5.91 Å². The fourth-order valence-corrected chi connectivity index (χ4v) is 4.38. The first kappa shape index (κ1) is 27.4. The summed E-state index contributed by atoms with van der Waals surface area (Å²) in [6, 6.07) is 33.7. The summed E-state index contributed by atoms with van der Waals surface area (Å²) in [6.07, 6.45) is 1.53. The Balaban J connectivity index is 1.34. The van der Waals surface area contributed by atoms with E-state index >= 15 is 0 Å². The van der Waals surface area contributed by atoms with Crippen LogP contribution in [0.1, 0.15) is 16.7 Å². The molecule has 0 fully saturated rings. The van der Waals surface area contributed by atoms with E-state index < -0.39 is 5.91 Å². The van der Waals surface area contributed by atoms with Gasteiger partial charge in [0.15, 0.2) is 0 Å². The molecular formula is C34H24ClFN2O3. The molecule has 0 saturated carbocycles. The van der Waals surface area contributed by atoms with Crippen LogP contribution in [0.5, 0.6) is 11.5 Å². The number of rotatable bonds is 9. The molecule has 0 saturated heterocycles. The average molecular weight is 563 g/mol. The van der Waals surface area contributed by atoms with E-state index in [0.717, 1.165) is 21.9 Å². The summed E-state index contributed by atoms with van der Waals surface area (Å²) in [5.74, 6) is 0.216. The molecule has 0 radical (unpaired) electrons. The zero-order chi connectivity index (χ0) is 28.6. The smallest absolute Gasteiger partial charge is 0.266 e. The van der Waals surface area contributed by atoms with Gasteiger partial charge in [0.1, 0.15) is 42.2 Å². The molecule has 0 aromatic heterocycles. The molecule has 5 aromatic carbocycles. The summed E-state index contributed by atoms with van der Waals surface area (Å²) in [5.41, 5.74) is 2.66. The summed E-state index contributed by atoms with van der Waals surface area (Å²) in [6.45, 7) is 0.502. The number of nitrogens with one attached hydrogen (secondary N) is 1. The minimum absolute atomic E-state index is 0.0907. The first-order chi connectivity index (χ1) is 20.0. The van der Waals surface area contributed by atoms with Crippen molar-refractivity contribution < 1.29 is 18.7 Å². The molecule has 5 nitrogen and oxygen atoms in total. The second-order valence-corrected chi connectivity index (χ2v) is 9.55. The Kier molecular flexibility index (Phi) is 8.58. The van der Waals surface area contributed by atoms with Gasteiger partial charge in [0.2, 0.25) is 0 Å². The molecule has 0 aliphatic rings. The Hall–Kier alpha value is -5.12. The van der Waals surface area contributed by atoms with Crippen LogP contribution in [-0.4, -0.2) is 5.91 Å². The third kappa shape index (κ3) is 6.91. The Morgan fingerprint density at radius 3 is 2.34 bits per heavy atom. The zero-order valence-corrected chi connectivity index (χ0v) is 22.6. The molecule has 0 unspecified atom stereocenters. The molecule has 1 N–H and O–H groups in total. The first-order valence-corrected chi connectivity index (χ1v) is 13.2. The van der Waals surface area contributed by atoms with Crippen molar-refractivity contribution in [2.24, 2.45) is 0 Å². The standard InChI is InChI=1S/C34H24ClFN2O3/c35-32-8-4-2-6-25(32)22-40-29-16-14-28(15-17-29)38-34(39)26(20-37)19-31-30-7-3-1-5-24(30)11-18-33(31)41-21-23-9-12-27(36)13-10-23/h1-19H,21-22H2,(H,38,39)/b26-19+. The molecular weight excluding hydrogens is 539 g/mol. The number of anilines is 1. The lowest BCUT2D eigenvalue weighted by atomic mass is 10.0. The molecule has 5 rings (SSSR count). The SMILES string of the molecule is N#C/C(=C\c1c(OCc2ccc(F)cc2)ccc2ccccc12)C(=O)Nc1ccc(OCc2ccccc2Cl)cc1. The lowest BCUT2D eigenvalue weighted by Gasteiger charge is -2.13. The van der Waals surface area contributed by atoms with Gasteiger partial charge in [0.05, 0.1) is 0 Å². The van der Waals surface area contributed by atoms with Crippen molar-refractivity contribution in [3.8, 4) is 17.6 Å². The monoisotopic (exact) mass is 562 g/mol. The van der Waals surface area contributed by atoms with Crippen molar-refractivity contribution in [1.29, 1.82) is 5.26 Å². The molecule has 0 bridgehead atoms. The van der Waals surface area contributed by atoms with E-state index in [4.69, 9.17) is 21.1 Å². The summed E-state index contributed by atoms with van der Waals surface area (Å²) in [7, 11) is 0. The van der Waals surface area contributed by atoms with Crippen LogP contribution in [0.15, 0.2) is 115 Å². The first-order valence-electron chi connectivity index (χ1n) is 12.8. The summed E-state index contributed by atoms with van der Waals surface area (Å²) >= 11 is 6.19. The molecule has 1 amide bonds. The van der Waals surface area contributed by atoms with Crippen molar-refractivity contribution in [2.75, 3.05) is 5.32 Å². The van der Waals surface area contributed by atoms with Gasteiger partial charge in [0, 0.05) is 21.8 Å². The van der Waals surface area contributed by atoms with Gasteiger partial charge in [-0.15, -0.1) is 0 Å². The number of hydrogen-bond donors (Lipinski definition) is 1. The Bertz CT molecular complexity index is 1760. The molecule has 0 spiro atoms. The maximum Gasteiger partial charge on any atom is 0.266 e. The molecule has 0 aliphatic heterocycles. The lowest BCUT2D eigenvalue weighted by molar-refractivity contribution is -0.112. The van der Waals surface area contributed by atoms with E-state index in [-0.39, 0.29) is 18.0 Å². The van der Waals surface area contributed by atoms with Crippen LogP contribution in [0.25, 0.3) is 16.8 Å². The van der Waals surface area contributed by atoms with E-state index in [1.54, 1.807) is 48.5 Å². The largest absolute Gasteiger partial charge is 0.489 e. The third-order valence-corrected chi connectivity index (χ3v) is 6.73. The van der Waals surface area contributed by atoms with Crippen LogP contribution < -0.4 is 14.8 Å². The highest BCUT2D eigenvalue weighted by atomic mass is 35.5. The average Bonchev–Trinajstić information content (AvgIpc) is 3.00. The van der Waals surface area contributed by atoms with E-state index in [1.807, 2.05) is 54.6 Å². The summed E-state index contributed by atoms with van der Waals surface area (Å²) in [5, 5.41) is 15.0. The number of hydrogen-bond acceptors (Lipinski definition) is 4. The third-order valence-electron chi connectivity index (χ3n) is 6.36. The second-order valence-electron chi connectivity index (χ2n) is 9.14. The van der Waals surface area contributed by atoms with Gasteiger partial charge in [-0.1, -0.05) is 72.3 Å². The zero-order valence-electron chi connectivity index (χ0n) is 21.8. The number of carbonyl (C=O) groups excluding carboxylic acids is 1. The van der Waals surface area contributed by atoms with E-state index in [1.165, 1.54) is 18.2 Å². The van der Waals surface area contributed by atoms with Gasteiger partial charge in [-0.3, -0.25) is 4.79 Å². The molecule has 0 atom stereocenters. The number of ether oxygens (including phenoxy) is 2. The molecule has 0 aliphatic carbocycles. The molecule has 202 valence electrons. The highest BCUT2D eigenvalue weighted by molar-refractivity contribution is 6.31. The second kappa shape index (κ2) is 12.8. The van der Waals surface area contributed by atoms with Gasteiger partial charge in [-0.05, 0) is 70.9 Å². The van der Waals surface area contributed by atoms with Gasteiger partial charge in [-0.2, -0.15) is 5.26 Å². The Labute approximate surface area is 242 Å². The maximum absolute atomic E-state index is 13.3. The molecule has 41 heavy (non-hydrogen) atoms. The number of halogens is 2. The van der Waals surface area contributed by atoms with Gasteiger partial charge in [-0.25, -0.2) is 4.39 Å². The van der Waals surface area contributed by atoms with E-state index in [2.05, 4.69) is 5.32 Å². The predicted molar refractivity (Wildman–Crippen MR) is 159 cm³/mol. The normalized spacial score (nSPS) is 11.1. The summed E-state index contributed by atoms with van der Waals surface area (Å²) < 4.78 is 25.2. The molecule has 0 heterocycles. The van der Waals surface area contributed by atoms with Crippen LogP contribution in [0.3, 0.4) is 0 Å². The summed E-state index contributed by atoms with van der Waals surface area (Å²) in [4.78, 5) is 13.1. The number of fused-ring (bicyclic) bond motifs is 1. The number of nitrogens with zero attached hydrogens (tertiary/aromatic N) is 1. The molecule has 5 aromatic rings. The number of benzene rings is 5. The number of nitriles is 1. The maximum atomic E-state index is 13.3. The quantitative estimate of drug-likeness (QED) is 0.145. The van der Waals surface area contributed by atoms with Crippen molar-refractivity contribution in [2.45, 2.75) is 13.2 Å². The number of amides is 1. The number of carbonyl (C=O) groups is 1. The fraction of sp³-hybridized carbons (Fsp3) is 0.0588. The van der Waals surface area contributed by atoms with Gasteiger partial charge < -0.3 is 14.8 Å². The molecule has 7 heteroatoms. The van der Waals surface area contributed by atoms with Crippen molar-refractivity contribution in [3.05, 3.63) is 142 Å². The lowest BCUT2D eigenvalue weighted by Crippen LogP contribution is -2.13. The Morgan fingerprint density at radius 2 is 1.59 bits per heavy atom. The van der Waals surface area contributed by atoms with Crippen LogP contribution in [0.2, 0.25) is 5.02 Å². The highest BCUT2D eigenvalue weighted by Crippen LogP contribution is 2.31. The van der Waals surface area contributed by atoms with Crippen LogP contribution in [0.4, 0.5) is 10.1 Å². The van der Waals surface area contributed by atoms with E-state index in [9.17, 15) is 14.4 Å². The van der Waals surface area contributed by atoms with Gasteiger partial charge >= 0.3 is 0 Å². The van der Waals surface area contributed by atoms with Crippen LogP contribution in [0, 0.1) is 17.1 Å². The van der Waals surface area contributed by atoms with E-state index in [0.29, 0.717) is 34.4 Å². The Morgan fingerprint density at radius 1 is 0.854 bits per heavy atom. The fourth-order valence-electron chi connectivity index (χ4n) is 4.19. The van der Waals surface area contributed by atoms with Crippen molar-refractivity contribution >= 4 is 40.0 Å².